The van der Waals surface area contributed by atoms with Crippen LogP contribution in [0.1, 0.15) is 23.7 Å². The maximum atomic E-state index is 11.5. The monoisotopic (exact) mass is 383 g/mol. The number of nitrogens with one attached hydrogen (secondary N) is 1. The van der Waals surface area contributed by atoms with Crippen LogP contribution in [0.2, 0.25) is 0 Å². The average Bonchev–Trinajstić information content (AvgIpc) is 3.03. The Bertz CT molecular complexity index is 937. The highest BCUT2D eigenvalue weighted by atomic mass is 79.9. The van der Waals surface area contributed by atoms with Gasteiger partial charge in [0.1, 0.15) is 5.82 Å². The molecule has 0 aliphatic carbocycles. The minimum atomic E-state index is -0.0708. The quantitative estimate of drug-likeness (QED) is 0.750. The fourth-order valence-electron chi connectivity index (χ4n) is 3.44. The predicted molar refractivity (Wildman–Crippen MR) is 99.1 cm³/mol. The third-order valence-electron chi connectivity index (χ3n) is 4.65. The summed E-state index contributed by atoms with van der Waals surface area (Å²) in [5.41, 5.74) is 1.24. The molecule has 3 aromatic rings. The number of halogens is 1. The van der Waals surface area contributed by atoms with E-state index >= 15 is 0 Å². The number of H-pyrrole nitrogens is 1. The summed E-state index contributed by atoms with van der Waals surface area (Å²) in [6.45, 7) is 2.89. The molecule has 0 amide bonds. The van der Waals surface area contributed by atoms with Crippen LogP contribution in [0, 0.1) is 0 Å². The highest BCUT2D eigenvalue weighted by molar-refractivity contribution is 9.10. The molecule has 24 heavy (non-hydrogen) atoms. The van der Waals surface area contributed by atoms with Gasteiger partial charge in [0, 0.05) is 35.7 Å². The van der Waals surface area contributed by atoms with Crippen LogP contribution < -0.4 is 5.56 Å². The molecule has 0 spiro atoms. The molecule has 4 rings (SSSR count). The molecule has 5 heteroatoms. The lowest BCUT2D eigenvalue weighted by atomic mass is 10.1. The molecule has 1 aliphatic heterocycles. The number of fused-ring (bicyclic) bond motifs is 1. The smallest absolute Gasteiger partial charge is 0.250 e. The zero-order valence-electron chi connectivity index (χ0n) is 13.2. The minimum Gasteiger partial charge on any atom is -0.310 e. The van der Waals surface area contributed by atoms with E-state index in [-0.39, 0.29) is 5.56 Å². The van der Waals surface area contributed by atoms with Gasteiger partial charge in [-0.05, 0) is 41.4 Å². The van der Waals surface area contributed by atoms with Crippen LogP contribution in [-0.2, 0) is 6.54 Å². The van der Waals surface area contributed by atoms with Gasteiger partial charge in [-0.3, -0.25) is 9.69 Å². The molecule has 1 unspecified atom stereocenters. The molecule has 1 N–H and O–H groups in total. The Morgan fingerprint density at radius 2 is 2.17 bits per heavy atom. The SMILES string of the molecule is O=c1ccnc(C2CCN(Cc3ccc4c(Br)cccc4c3)C2)[nH]1. The van der Waals surface area contributed by atoms with E-state index in [1.807, 2.05) is 0 Å². The van der Waals surface area contributed by atoms with Gasteiger partial charge in [-0.2, -0.15) is 0 Å². The van der Waals surface area contributed by atoms with Crippen molar-refractivity contribution >= 4 is 26.7 Å². The van der Waals surface area contributed by atoms with Crippen LogP contribution in [0.3, 0.4) is 0 Å². The van der Waals surface area contributed by atoms with Gasteiger partial charge in [0.15, 0.2) is 0 Å². The Morgan fingerprint density at radius 1 is 1.25 bits per heavy atom. The first kappa shape index (κ1) is 15.5. The second kappa shape index (κ2) is 6.49. The average molecular weight is 384 g/mol. The minimum absolute atomic E-state index is 0.0708. The van der Waals surface area contributed by atoms with Crippen LogP contribution in [0.15, 0.2) is 57.9 Å². The van der Waals surface area contributed by atoms with E-state index in [4.69, 9.17) is 0 Å². The number of likely N-dealkylation sites (tertiary alicyclic amines) is 1. The molecule has 1 fully saturated rings. The molecule has 1 aromatic heterocycles. The summed E-state index contributed by atoms with van der Waals surface area (Å²) < 4.78 is 1.13. The summed E-state index contributed by atoms with van der Waals surface area (Å²) in [4.78, 5) is 21.1. The van der Waals surface area contributed by atoms with Crippen molar-refractivity contribution in [3.63, 3.8) is 0 Å². The fraction of sp³-hybridized carbons (Fsp3) is 0.263. The largest absolute Gasteiger partial charge is 0.310 e. The molecule has 2 heterocycles. The number of aromatic amines is 1. The Kier molecular flexibility index (Phi) is 4.21. The molecular formula is C19H18BrN3O. The molecule has 4 nitrogen and oxygen atoms in total. The second-order valence-corrected chi connectivity index (χ2v) is 7.19. The van der Waals surface area contributed by atoms with Crippen molar-refractivity contribution in [2.24, 2.45) is 0 Å². The Hall–Kier alpha value is -1.98. The first-order chi connectivity index (χ1) is 11.7. The van der Waals surface area contributed by atoms with E-state index in [2.05, 4.69) is 67.2 Å². The van der Waals surface area contributed by atoms with Crippen LogP contribution in [0.4, 0.5) is 0 Å². The van der Waals surface area contributed by atoms with E-state index in [9.17, 15) is 4.79 Å². The van der Waals surface area contributed by atoms with Crippen molar-refractivity contribution in [2.75, 3.05) is 13.1 Å². The van der Waals surface area contributed by atoms with Crippen LogP contribution in [0.25, 0.3) is 10.8 Å². The van der Waals surface area contributed by atoms with Gasteiger partial charge in [-0.1, -0.05) is 40.2 Å². The first-order valence-corrected chi connectivity index (χ1v) is 8.93. The summed E-state index contributed by atoms with van der Waals surface area (Å²) in [7, 11) is 0. The van der Waals surface area contributed by atoms with Gasteiger partial charge in [-0.25, -0.2) is 4.98 Å². The predicted octanol–water partition coefficient (Wildman–Crippen LogP) is 3.68. The van der Waals surface area contributed by atoms with Crippen molar-refractivity contribution in [3.05, 3.63) is 74.9 Å². The third-order valence-corrected chi connectivity index (χ3v) is 5.34. The van der Waals surface area contributed by atoms with Gasteiger partial charge in [-0.15, -0.1) is 0 Å². The van der Waals surface area contributed by atoms with E-state index in [1.54, 1.807) is 6.20 Å². The Labute approximate surface area is 148 Å². The third kappa shape index (κ3) is 3.14. The van der Waals surface area contributed by atoms with Gasteiger partial charge < -0.3 is 4.98 Å². The van der Waals surface area contributed by atoms with Crippen LogP contribution in [-0.4, -0.2) is 28.0 Å². The van der Waals surface area contributed by atoms with Crippen molar-refractivity contribution in [3.8, 4) is 0 Å². The standard InChI is InChI=1S/C19H18BrN3O/c20-17-3-1-2-14-10-13(4-5-16(14)17)11-23-9-7-15(12-23)19-21-8-6-18(24)22-19/h1-6,8,10,15H,7,9,11-12H2,(H,21,22,24). The highest BCUT2D eigenvalue weighted by Gasteiger charge is 2.25. The Balaban J connectivity index is 1.49. The maximum Gasteiger partial charge on any atom is 0.250 e. The molecule has 0 bridgehead atoms. The van der Waals surface area contributed by atoms with Crippen LogP contribution in [0.5, 0.6) is 0 Å². The van der Waals surface area contributed by atoms with E-state index in [0.717, 1.165) is 36.4 Å². The van der Waals surface area contributed by atoms with Gasteiger partial charge in [0.2, 0.25) is 0 Å². The number of aromatic nitrogens is 2. The highest BCUT2D eigenvalue weighted by Crippen LogP contribution is 2.28. The maximum absolute atomic E-state index is 11.5. The van der Waals surface area contributed by atoms with E-state index < -0.39 is 0 Å². The molecular weight excluding hydrogens is 366 g/mol. The topological polar surface area (TPSA) is 49.0 Å². The molecule has 1 saturated heterocycles. The lowest BCUT2D eigenvalue weighted by Crippen LogP contribution is -2.21. The number of nitrogens with zero attached hydrogens (tertiary/aromatic N) is 2. The molecule has 122 valence electrons. The lowest BCUT2D eigenvalue weighted by molar-refractivity contribution is 0.326. The number of rotatable bonds is 3. The summed E-state index contributed by atoms with van der Waals surface area (Å²) in [5.74, 6) is 1.13. The van der Waals surface area contributed by atoms with Gasteiger partial charge in [0.05, 0.1) is 0 Å². The van der Waals surface area contributed by atoms with Crippen LogP contribution >= 0.6 is 15.9 Å². The molecule has 1 atom stereocenters. The van der Waals surface area contributed by atoms with Gasteiger partial charge in [0.25, 0.3) is 5.56 Å². The number of benzene rings is 2. The Morgan fingerprint density at radius 3 is 3.04 bits per heavy atom. The number of hydrogen-bond acceptors (Lipinski definition) is 3. The fourth-order valence-corrected chi connectivity index (χ4v) is 3.96. The van der Waals surface area contributed by atoms with E-state index in [1.165, 1.54) is 22.4 Å². The zero-order chi connectivity index (χ0) is 16.5. The van der Waals surface area contributed by atoms with Crippen molar-refractivity contribution in [1.29, 1.82) is 0 Å². The molecule has 2 aromatic carbocycles. The summed E-state index contributed by atoms with van der Waals surface area (Å²) in [6.07, 6.45) is 2.63. The second-order valence-electron chi connectivity index (χ2n) is 6.34. The summed E-state index contributed by atoms with van der Waals surface area (Å²) in [5, 5.41) is 2.50. The lowest BCUT2D eigenvalue weighted by Gasteiger charge is -2.16. The zero-order valence-corrected chi connectivity index (χ0v) is 14.8. The molecule has 1 aliphatic rings. The summed E-state index contributed by atoms with van der Waals surface area (Å²) >= 11 is 3.60. The van der Waals surface area contributed by atoms with Crippen molar-refractivity contribution in [2.45, 2.75) is 18.9 Å². The summed E-state index contributed by atoms with van der Waals surface area (Å²) in [6, 6.07) is 14.4. The first-order valence-electron chi connectivity index (χ1n) is 8.14. The molecule has 0 radical (unpaired) electrons. The van der Waals surface area contributed by atoms with Crippen molar-refractivity contribution in [1.82, 2.24) is 14.9 Å². The number of hydrogen-bond donors (Lipinski definition) is 1. The normalized spacial score (nSPS) is 18.3. The van der Waals surface area contributed by atoms with E-state index in [0.29, 0.717) is 5.92 Å². The van der Waals surface area contributed by atoms with Crippen molar-refractivity contribution < 1.29 is 0 Å². The molecule has 0 saturated carbocycles. The van der Waals surface area contributed by atoms with Gasteiger partial charge >= 0.3 is 0 Å².